The fourth-order valence-corrected chi connectivity index (χ4v) is 2.18. The summed E-state index contributed by atoms with van der Waals surface area (Å²) in [5.41, 5.74) is 3.02. The molecule has 0 saturated heterocycles. The van der Waals surface area contributed by atoms with Crippen LogP contribution in [0.15, 0.2) is 41.5 Å². The lowest BCUT2D eigenvalue weighted by Crippen LogP contribution is -2.24. The van der Waals surface area contributed by atoms with Crippen molar-refractivity contribution in [3.8, 4) is 5.75 Å². The average Bonchev–Trinajstić information content (AvgIpc) is 2.52. The summed E-state index contributed by atoms with van der Waals surface area (Å²) >= 11 is 23.4. The maximum absolute atomic E-state index is 11.7. The van der Waals surface area contributed by atoms with Crippen LogP contribution in [0.4, 0.5) is 0 Å². The molecule has 0 unspecified atom stereocenters. The van der Waals surface area contributed by atoms with Gasteiger partial charge in [-0.2, -0.15) is 5.10 Å². The maximum Gasteiger partial charge on any atom is 0.277 e. The quantitative estimate of drug-likeness (QED) is 0.586. The summed E-state index contributed by atoms with van der Waals surface area (Å²) in [6, 6.07) is 9.71. The first-order valence-corrected chi connectivity index (χ1v) is 7.81. The third-order valence-electron chi connectivity index (χ3n) is 2.60. The van der Waals surface area contributed by atoms with Gasteiger partial charge in [0.2, 0.25) is 0 Å². The van der Waals surface area contributed by atoms with Crippen molar-refractivity contribution in [1.82, 2.24) is 5.43 Å². The van der Waals surface area contributed by atoms with Gasteiger partial charge in [0.1, 0.15) is 5.75 Å². The monoisotopic (exact) mass is 390 g/mol. The lowest BCUT2D eigenvalue weighted by molar-refractivity contribution is -0.123. The number of halogens is 4. The van der Waals surface area contributed by atoms with Crippen LogP contribution < -0.4 is 10.2 Å². The van der Waals surface area contributed by atoms with E-state index in [2.05, 4.69) is 10.5 Å². The van der Waals surface area contributed by atoms with Gasteiger partial charge in [-0.3, -0.25) is 4.79 Å². The highest BCUT2D eigenvalue weighted by Gasteiger charge is 2.06. The minimum atomic E-state index is -0.447. The van der Waals surface area contributed by atoms with E-state index in [0.29, 0.717) is 31.4 Å². The largest absolute Gasteiger partial charge is 0.482 e. The second kappa shape index (κ2) is 8.41. The predicted molar refractivity (Wildman–Crippen MR) is 94.2 cm³/mol. The van der Waals surface area contributed by atoms with Crippen molar-refractivity contribution in [2.75, 3.05) is 6.61 Å². The summed E-state index contributed by atoms with van der Waals surface area (Å²) in [6.45, 7) is -0.251. The first-order valence-electron chi connectivity index (χ1n) is 6.30. The minimum absolute atomic E-state index is 0.251. The first kappa shape index (κ1) is 17.9. The zero-order valence-corrected chi connectivity index (χ0v) is 14.5. The Morgan fingerprint density at radius 2 is 1.78 bits per heavy atom. The number of amides is 1. The van der Waals surface area contributed by atoms with Crippen LogP contribution in [0.1, 0.15) is 5.56 Å². The van der Waals surface area contributed by atoms with Gasteiger partial charge in [0.25, 0.3) is 5.91 Å². The van der Waals surface area contributed by atoms with Crippen LogP contribution in [0.2, 0.25) is 20.1 Å². The topological polar surface area (TPSA) is 50.7 Å². The Morgan fingerprint density at radius 3 is 2.52 bits per heavy atom. The van der Waals surface area contributed by atoms with Gasteiger partial charge in [0, 0.05) is 11.1 Å². The van der Waals surface area contributed by atoms with Crippen LogP contribution in [-0.4, -0.2) is 18.7 Å². The highest BCUT2D eigenvalue weighted by Crippen LogP contribution is 2.27. The van der Waals surface area contributed by atoms with Gasteiger partial charge in [0.15, 0.2) is 6.61 Å². The highest BCUT2D eigenvalue weighted by molar-refractivity contribution is 6.42. The molecule has 23 heavy (non-hydrogen) atoms. The lowest BCUT2D eigenvalue weighted by atomic mass is 10.2. The molecule has 0 atom stereocenters. The molecule has 1 N–H and O–H groups in total. The zero-order valence-electron chi connectivity index (χ0n) is 11.5. The van der Waals surface area contributed by atoms with E-state index in [1.807, 2.05) is 0 Å². The van der Waals surface area contributed by atoms with Crippen LogP contribution in [0.3, 0.4) is 0 Å². The fraction of sp³-hybridized carbons (Fsp3) is 0.0667. The molecule has 0 bridgehead atoms. The van der Waals surface area contributed by atoms with Gasteiger partial charge in [-0.05, 0) is 29.8 Å². The van der Waals surface area contributed by atoms with E-state index in [1.54, 1.807) is 30.3 Å². The Balaban J connectivity index is 1.86. The third-order valence-corrected chi connectivity index (χ3v) is 3.88. The van der Waals surface area contributed by atoms with E-state index in [4.69, 9.17) is 51.1 Å². The predicted octanol–water partition coefficient (Wildman–Crippen LogP) is 4.83. The van der Waals surface area contributed by atoms with Gasteiger partial charge in [-0.15, -0.1) is 0 Å². The molecule has 2 rings (SSSR count). The van der Waals surface area contributed by atoms with Gasteiger partial charge in [-0.25, -0.2) is 5.43 Å². The number of nitrogens with one attached hydrogen (secondary N) is 1. The number of benzene rings is 2. The summed E-state index contributed by atoms with van der Waals surface area (Å²) in [6.07, 6.45) is 1.44. The number of hydrogen-bond acceptors (Lipinski definition) is 3. The smallest absolute Gasteiger partial charge is 0.277 e. The summed E-state index contributed by atoms with van der Waals surface area (Å²) in [7, 11) is 0. The summed E-state index contributed by atoms with van der Waals surface area (Å²) in [5, 5.41) is 5.47. The second-order valence-corrected chi connectivity index (χ2v) is 5.99. The molecule has 0 aliphatic carbocycles. The molecule has 0 aliphatic rings. The van der Waals surface area contributed by atoms with Crippen LogP contribution in [-0.2, 0) is 4.79 Å². The van der Waals surface area contributed by atoms with Crippen molar-refractivity contribution in [3.63, 3.8) is 0 Å². The van der Waals surface area contributed by atoms with Gasteiger partial charge >= 0.3 is 0 Å². The van der Waals surface area contributed by atoms with Crippen LogP contribution in [0.5, 0.6) is 5.75 Å². The van der Waals surface area contributed by atoms with E-state index in [1.165, 1.54) is 12.3 Å². The normalized spacial score (nSPS) is 10.8. The van der Waals surface area contributed by atoms with E-state index < -0.39 is 5.91 Å². The van der Waals surface area contributed by atoms with Crippen LogP contribution in [0, 0.1) is 0 Å². The zero-order chi connectivity index (χ0) is 16.8. The van der Waals surface area contributed by atoms with Gasteiger partial charge in [0.05, 0.1) is 21.3 Å². The molecule has 2 aromatic carbocycles. The van der Waals surface area contributed by atoms with Crippen molar-refractivity contribution in [3.05, 3.63) is 62.1 Å². The number of ether oxygens (including phenoxy) is 1. The van der Waals surface area contributed by atoms with Gasteiger partial charge in [-0.1, -0.05) is 52.5 Å². The molecule has 0 radical (unpaired) electrons. The van der Waals surface area contributed by atoms with Crippen LogP contribution in [0.25, 0.3) is 0 Å². The number of hydrogen-bond donors (Lipinski definition) is 1. The molecule has 4 nitrogen and oxygen atoms in total. The lowest BCUT2D eigenvalue weighted by Gasteiger charge is -2.07. The summed E-state index contributed by atoms with van der Waals surface area (Å²) in [4.78, 5) is 11.7. The van der Waals surface area contributed by atoms with E-state index >= 15 is 0 Å². The standard InChI is InChI=1S/C15H10Cl4N2O2/c16-10-2-4-12(18)14(6-10)23-8-15(22)21-20-7-9-1-3-11(17)13(19)5-9/h1-7H,8H2,(H,21,22)/b20-7+. The molecule has 0 heterocycles. The molecule has 0 saturated carbocycles. The maximum atomic E-state index is 11.7. The molecule has 0 fully saturated rings. The van der Waals surface area contributed by atoms with Crippen molar-refractivity contribution >= 4 is 58.5 Å². The average molecular weight is 392 g/mol. The van der Waals surface area contributed by atoms with Crippen molar-refractivity contribution < 1.29 is 9.53 Å². The van der Waals surface area contributed by atoms with Crippen molar-refractivity contribution in [2.45, 2.75) is 0 Å². The Bertz CT molecular complexity index is 750. The molecular formula is C15H10Cl4N2O2. The van der Waals surface area contributed by atoms with Crippen molar-refractivity contribution in [2.24, 2.45) is 5.10 Å². The van der Waals surface area contributed by atoms with Crippen LogP contribution >= 0.6 is 46.4 Å². The summed E-state index contributed by atoms with van der Waals surface area (Å²) < 4.78 is 5.28. The first-order chi connectivity index (χ1) is 11.0. The van der Waals surface area contributed by atoms with E-state index in [9.17, 15) is 4.79 Å². The highest BCUT2D eigenvalue weighted by atomic mass is 35.5. The number of carbonyl (C=O) groups is 1. The number of nitrogens with zero attached hydrogens (tertiary/aromatic N) is 1. The number of hydrazone groups is 1. The Labute approximate surface area is 152 Å². The minimum Gasteiger partial charge on any atom is -0.482 e. The van der Waals surface area contributed by atoms with E-state index in [-0.39, 0.29) is 6.61 Å². The number of rotatable bonds is 5. The number of carbonyl (C=O) groups excluding carboxylic acids is 1. The molecule has 0 aromatic heterocycles. The molecule has 120 valence electrons. The van der Waals surface area contributed by atoms with Crippen molar-refractivity contribution in [1.29, 1.82) is 0 Å². The van der Waals surface area contributed by atoms with Gasteiger partial charge < -0.3 is 4.74 Å². The second-order valence-electron chi connectivity index (χ2n) is 4.33. The third kappa shape index (κ3) is 5.59. The molecular weight excluding hydrogens is 382 g/mol. The molecule has 2 aromatic rings. The molecule has 8 heteroatoms. The van der Waals surface area contributed by atoms with E-state index in [0.717, 1.165) is 0 Å². The SMILES string of the molecule is O=C(COc1cc(Cl)ccc1Cl)N/N=C/c1ccc(Cl)c(Cl)c1. The fourth-order valence-electron chi connectivity index (χ4n) is 1.53. The Hall–Kier alpha value is -1.46. The molecule has 0 aliphatic heterocycles. The molecule has 0 spiro atoms. The Kier molecular flexibility index (Phi) is 6.54. The molecule has 1 amide bonds. The summed E-state index contributed by atoms with van der Waals surface area (Å²) in [5.74, 6) is -0.125. The Morgan fingerprint density at radius 1 is 1.04 bits per heavy atom.